The van der Waals surface area contributed by atoms with Gasteiger partial charge in [-0.3, -0.25) is 11.3 Å². The topological polar surface area (TPSA) is 38.0 Å². The zero-order valence-electron chi connectivity index (χ0n) is 10.3. The molecule has 0 aromatic heterocycles. The van der Waals surface area contributed by atoms with Crippen LogP contribution in [0.25, 0.3) is 0 Å². The molecule has 0 saturated heterocycles. The van der Waals surface area contributed by atoms with Crippen LogP contribution in [0.15, 0.2) is 36.4 Å². The van der Waals surface area contributed by atoms with Crippen LogP contribution in [0, 0.1) is 5.82 Å². The van der Waals surface area contributed by atoms with E-state index in [1.54, 1.807) is 18.2 Å². The van der Waals surface area contributed by atoms with Crippen molar-refractivity contribution >= 4 is 34.8 Å². The monoisotopic (exact) mass is 332 g/mol. The fourth-order valence-electron chi connectivity index (χ4n) is 2.01. The van der Waals surface area contributed by atoms with Gasteiger partial charge in [-0.25, -0.2) is 4.39 Å². The van der Waals surface area contributed by atoms with Gasteiger partial charge in [-0.1, -0.05) is 40.9 Å². The van der Waals surface area contributed by atoms with Crippen molar-refractivity contribution in [2.45, 2.75) is 12.5 Å². The van der Waals surface area contributed by atoms with Gasteiger partial charge in [-0.15, -0.1) is 0 Å². The normalized spacial score (nSPS) is 12.4. The maximum absolute atomic E-state index is 13.3. The van der Waals surface area contributed by atoms with Gasteiger partial charge in [-0.05, 0) is 42.3 Å². The van der Waals surface area contributed by atoms with E-state index in [-0.39, 0.29) is 11.9 Å². The fourth-order valence-corrected chi connectivity index (χ4v) is 2.86. The minimum absolute atomic E-state index is 0.356. The molecule has 1 unspecified atom stereocenters. The van der Waals surface area contributed by atoms with Gasteiger partial charge in [-0.2, -0.15) is 0 Å². The molecular formula is C14H12Cl3FN2. The van der Waals surface area contributed by atoms with Gasteiger partial charge in [0.05, 0.1) is 6.04 Å². The molecule has 0 radical (unpaired) electrons. The van der Waals surface area contributed by atoms with Gasteiger partial charge < -0.3 is 0 Å². The zero-order chi connectivity index (χ0) is 14.7. The summed E-state index contributed by atoms with van der Waals surface area (Å²) in [5.74, 6) is 5.22. The highest BCUT2D eigenvalue weighted by Crippen LogP contribution is 2.33. The number of hydrogen-bond acceptors (Lipinski definition) is 2. The minimum atomic E-state index is -0.365. The van der Waals surface area contributed by atoms with E-state index in [2.05, 4.69) is 5.43 Å². The fraction of sp³-hybridized carbons (Fsp3) is 0.143. The molecule has 0 aliphatic carbocycles. The van der Waals surface area contributed by atoms with Crippen molar-refractivity contribution in [2.24, 2.45) is 5.84 Å². The largest absolute Gasteiger partial charge is 0.271 e. The molecular weight excluding hydrogens is 322 g/mol. The summed E-state index contributed by atoms with van der Waals surface area (Å²) in [5, 5.41) is 1.45. The minimum Gasteiger partial charge on any atom is -0.271 e. The predicted molar refractivity (Wildman–Crippen MR) is 81.6 cm³/mol. The summed E-state index contributed by atoms with van der Waals surface area (Å²) in [4.78, 5) is 0. The molecule has 106 valence electrons. The van der Waals surface area contributed by atoms with Crippen molar-refractivity contribution < 1.29 is 4.39 Å². The molecule has 0 spiro atoms. The van der Waals surface area contributed by atoms with E-state index < -0.39 is 0 Å². The first-order valence-corrected chi connectivity index (χ1v) is 7.00. The molecule has 0 saturated carbocycles. The van der Waals surface area contributed by atoms with E-state index >= 15 is 0 Å². The summed E-state index contributed by atoms with van der Waals surface area (Å²) >= 11 is 18.4. The highest BCUT2D eigenvalue weighted by Gasteiger charge is 2.18. The summed E-state index contributed by atoms with van der Waals surface area (Å²) in [6.07, 6.45) is 0.372. The van der Waals surface area contributed by atoms with Gasteiger partial charge in [0.2, 0.25) is 0 Å². The lowest BCUT2D eigenvalue weighted by atomic mass is 9.99. The maximum Gasteiger partial charge on any atom is 0.123 e. The lowest BCUT2D eigenvalue weighted by molar-refractivity contribution is 0.549. The Morgan fingerprint density at radius 2 is 1.70 bits per heavy atom. The second-order valence-electron chi connectivity index (χ2n) is 4.29. The Bertz CT molecular complexity index is 599. The first kappa shape index (κ1) is 15.5. The third-order valence-electron chi connectivity index (χ3n) is 2.98. The molecule has 0 aliphatic rings. The zero-order valence-corrected chi connectivity index (χ0v) is 12.6. The van der Waals surface area contributed by atoms with Crippen molar-refractivity contribution in [2.75, 3.05) is 0 Å². The molecule has 0 amide bonds. The maximum atomic E-state index is 13.3. The summed E-state index contributed by atoms with van der Waals surface area (Å²) in [7, 11) is 0. The van der Waals surface area contributed by atoms with Crippen LogP contribution in [-0.2, 0) is 6.42 Å². The Labute approximate surface area is 131 Å². The van der Waals surface area contributed by atoms with E-state index in [0.717, 1.165) is 0 Å². The van der Waals surface area contributed by atoms with Gasteiger partial charge >= 0.3 is 0 Å². The first-order chi connectivity index (χ1) is 9.52. The van der Waals surface area contributed by atoms with Crippen LogP contribution in [0.2, 0.25) is 15.1 Å². The van der Waals surface area contributed by atoms with E-state index in [1.165, 1.54) is 18.2 Å². The van der Waals surface area contributed by atoms with Crippen LogP contribution in [0.4, 0.5) is 4.39 Å². The van der Waals surface area contributed by atoms with Crippen molar-refractivity contribution in [3.8, 4) is 0 Å². The standard InChI is InChI=1S/C14H12Cl3FN2/c15-10-5-4-9(18)6-8(10)7-13(20-19)14-11(16)2-1-3-12(14)17/h1-6,13,20H,7,19H2. The average molecular weight is 334 g/mol. The van der Waals surface area contributed by atoms with E-state index in [1.807, 2.05) is 0 Å². The van der Waals surface area contributed by atoms with Crippen LogP contribution in [0.1, 0.15) is 17.2 Å². The van der Waals surface area contributed by atoms with Crippen LogP contribution in [-0.4, -0.2) is 0 Å². The highest BCUT2D eigenvalue weighted by molar-refractivity contribution is 6.36. The SMILES string of the molecule is NNC(Cc1cc(F)ccc1Cl)c1c(Cl)cccc1Cl. The van der Waals surface area contributed by atoms with Crippen molar-refractivity contribution in [1.82, 2.24) is 5.43 Å². The molecule has 0 heterocycles. The van der Waals surface area contributed by atoms with Gasteiger partial charge in [0, 0.05) is 20.6 Å². The Morgan fingerprint density at radius 3 is 2.30 bits per heavy atom. The molecule has 2 rings (SSSR count). The Kier molecular flexibility index (Phi) is 5.24. The number of rotatable bonds is 4. The van der Waals surface area contributed by atoms with Crippen molar-refractivity contribution in [3.05, 3.63) is 68.4 Å². The first-order valence-electron chi connectivity index (χ1n) is 5.87. The summed E-state index contributed by atoms with van der Waals surface area (Å²) in [6, 6.07) is 9.01. The average Bonchev–Trinajstić information content (AvgIpc) is 2.41. The Hall–Kier alpha value is -0.840. The summed E-state index contributed by atoms with van der Waals surface area (Å²) in [5.41, 5.74) is 3.94. The molecule has 3 N–H and O–H groups in total. The quantitative estimate of drug-likeness (QED) is 0.637. The smallest absolute Gasteiger partial charge is 0.123 e. The number of nitrogens with two attached hydrogens (primary N) is 1. The van der Waals surface area contributed by atoms with Gasteiger partial charge in [0.25, 0.3) is 0 Å². The number of hydrazine groups is 1. The molecule has 20 heavy (non-hydrogen) atoms. The van der Waals surface area contributed by atoms with E-state index in [4.69, 9.17) is 40.6 Å². The Morgan fingerprint density at radius 1 is 1.05 bits per heavy atom. The van der Waals surface area contributed by atoms with Crippen LogP contribution in [0.5, 0.6) is 0 Å². The molecule has 0 aliphatic heterocycles. The lowest BCUT2D eigenvalue weighted by Crippen LogP contribution is -2.30. The van der Waals surface area contributed by atoms with Gasteiger partial charge in [0.1, 0.15) is 5.82 Å². The highest BCUT2D eigenvalue weighted by atomic mass is 35.5. The molecule has 0 fully saturated rings. The molecule has 2 nitrogen and oxygen atoms in total. The number of benzene rings is 2. The van der Waals surface area contributed by atoms with Gasteiger partial charge in [0.15, 0.2) is 0 Å². The molecule has 2 aromatic carbocycles. The molecule has 6 heteroatoms. The molecule has 1 atom stereocenters. The van der Waals surface area contributed by atoms with E-state index in [9.17, 15) is 4.39 Å². The van der Waals surface area contributed by atoms with Crippen molar-refractivity contribution in [3.63, 3.8) is 0 Å². The van der Waals surface area contributed by atoms with E-state index in [0.29, 0.717) is 32.6 Å². The van der Waals surface area contributed by atoms with Crippen molar-refractivity contribution in [1.29, 1.82) is 0 Å². The third-order valence-corrected chi connectivity index (χ3v) is 4.01. The summed E-state index contributed by atoms with van der Waals surface area (Å²) < 4.78 is 13.3. The molecule has 0 bridgehead atoms. The lowest BCUT2D eigenvalue weighted by Gasteiger charge is -2.19. The van der Waals surface area contributed by atoms with Crippen LogP contribution < -0.4 is 11.3 Å². The van der Waals surface area contributed by atoms with Crippen LogP contribution >= 0.6 is 34.8 Å². The number of nitrogens with one attached hydrogen (secondary N) is 1. The second-order valence-corrected chi connectivity index (χ2v) is 5.52. The summed E-state index contributed by atoms with van der Waals surface area (Å²) in [6.45, 7) is 0. The Balaban J connectivity index is 2.36. The van der Waals surface area contributed by atoms with Crippen LogP contribution in [0.3, 0.4) is 0 Å². The number of halogens is 4. The molecule has 2 aromatic rings. The predicted octanol–water partition coefficient (Wildman–Crippen LogP) is 4.53. The third kappa shape index (κ3) is 3.43. The number of hydrogen-bond donors (Lipinski definition) is 2. The second kappa shape index (κ2) is 6.74.